The predicted molar refractivity (Wildman–Crippen MR) is 125 cm³/mol. The number of carbonyl (C=O) groups is 2. The van der Waals surface area contributed by atoms with E-state index in [0.29, 0.717) is 12.2 Å². The highest BCUT2D eigenvalue weighted by atomic mass is 35.5. The van der Waals surface area contributed by atoms with E-state index in [4.69, 9.17) is 14.2 Å². The standard InChI is InChI=1S/C24H31NO6.ClH/c1-5-24(25(2)3,16-22(26)27)23(28)31-17-30-21-12-7-6-10-19(21)14-13-18-9-8-11-20(15-18)29-4;/h6-12,15H,5,13-14,16-17H2,1-4H3,(H,26,27);1H. The van der Waals surface area contributed by atoms with Crippen molar-refractivity contribution >= 4 is 24.3 Å². The van der Waals surface area contributed by atoms with Crippen molar-refractivity contribution in [1.29, 1.82) is 0 Å². The molecule has 0 spiro atoms. The Morgan fingerprint density at radius 2 is 1.78 bits per heavy atom. The molecule has 32 heavy (non-hydrogen) atoms. The number of esters is 1. The molecule has 0 aliphatic carbocycles. The van der Waals surface area contributed by atoms with Crippen molar-refractivity contribution in [2.45, 2.75) is 38.1 Å². The Morgan fingerprint density at radius 3 is 2.41 bits per heavy atom. The highest BCUT2D eigenvalue weighted by molar-refractivity contribution is 5.86. The Hall–Kier alpha value is -2.77. The number of carboxylic acid groups (broad SMARTS) is 1. The molecule has 2 rings (SSSR count). The number of rotatable bonds is 12. The fourth-order valence-corrected chi connectivity index (χ4v) is 3.49. The molecule has 0 bridgehead atoms. The van der Waals surface area contributed by atoms with Crippen LogP contribution in [0.2, 0.25) is 0 Å². The van der Waals surface area contributed by atoms with E-state index in [1.807, 2.05) is 48.5 Å². The normalized spacial score (nSPS) is 12.4. The maximum atomic E-state index is 12.7. The molecule has 2 aromatic carbocycles. The second-order valence-electron chi connectivity index (χ2n) is 7.50. The third-order valence-electron chi connectivity index (χ3n) is 5.46. The number of hydrogen-bond donors (Lipinski definition) is 1. The van der Waals surface area contributed by atoms with Gasteiger partial charge < -0.3 is 19.3 Å². The van der Waals surface area contributed by atoms with Gasteiger partial charge in [-0.2, -0.15) is 0 Å². The van der Waals surface area contributed by atoms with Gasteiger partial charge in [-0.1, -0.05) is 37.3 Å². The molecule has 7 nitrogen and oxygen atoms in total. The van der Waals surface area contributed by atoms with Gasteiger partial charge >= 0.3 is 11.9 Å². The van der Waals surface area contributed by atoms with Crippen LogP contribution >= 0.6 is 12.4 Å². The van der Waals surface area contributed by atoms with Gasteiger partial charge in [-0.3, -0.25) is 9.69 Å². The summed E-state index contributed by atoms with van der Waals surface area (Å²) in [5.41, 5.74) is 0.899. The third kappa shape index (κ3) is 7.14. The number of aliphatic carboxylic acids is 1. The van der Waals surface area contributed by atoms with Crippen LogP contribution in [0.5, 0.6) is 11.5 Å². The van der Waals surface area contributed by atoms with Crippen LogP contribution in [0.15, 0.2) is 48.5 Å². The minimum absolute atomic E-state index is 0. The molecule has 0 radical (unpaired) electrons. The van der Waals surface area contributed by atoms with Crippen LogP contribution in [-0.4, -0.2) is 55.5 Å². The number of nitrogens with zero attached hydrogens (tertiary/aromatic N) is 1. The first-order valence-corrected chi connectivity index (χ1v) is 10.2. The molecule has 0 aromatic heterocycles. The maximum absolute atomic E-state index is 12.7. The molecule has 0 heterocycles. The zero-order valence-corrected chi connectivity index (χ0v) is 19.8. The molecule has 1 unspecified atom stereocenters. The summed E-state index contributed by atoms with van der Waals surface area (Å²) >= 11 is 0. The number of carbonyl (C=O) groups excluding carboxylic acids is 1. The highest BCUT2D eigenvalue weighted by Gasteiger charge is 2.43. The van der Waals surface area contributed by atoms with Gasteiger partial charge in [0, 0.05) is 0 Å². The number of benzene rings is 2. The van der Waals surface area contributed by atoms with Crippen molar-refractivity contribution in [3.63, 3.8) is 0 Å². The van der Waals surface area contributed by atoms with E-state index in [9.17, 15) is 14.7 Å². The lowest BCUT2D eigenvalue weighted by molar-refractivity contribution is -0.168. The van der Waals surface area contributed by atoms with Crippen LogP contribution in [0.1, 0.15) is 30.9 Å². The molecule has 2 aromatic rings. The summed E-state index contributed by atoms with van der Waals surface area (Å²) < 4.78 is 16.3. The topological polar surface area (TPSA) is 85.3 Å². The van der Waals surface area contributed by atoms with E-state index in [2.05, 4.69) is 0 Å². The van der Waals surface area contributed by atoms with Crippen LogP contribution in [0.25, 0.3) is 0 Å². The number of aryl methyl sites for hydroxylation is 2. The zero-order chi connectivity index (χ0) is 22.9. The second-order valence-corrected chi connectivity index (χ2v) is 7.50. The largest absolute Gasteiger partial charge is 0.497 e. The summed E-state index contributed by atoms with van der Waals surface area (Å²) in [5.74, 6) is -0.230. The van der Waals surface area contributed by atoms with Crippen molar-refractivity contribution in [2.24, 2.45) is 0 Å². The van der Waals surface area contributed by atoms with Crippen molar-refractivity contribution in [3.05, 3.63) is 59.7 Å². The predicted octanol–water partition coefficient (Wildman–Crippen LogP) is 3.97. The van der Waals surface area contributed by atoms with E-state index in [-0.39, 0.29) is 25.6 Å². The van der Waals surface area contributed by atoms with Gasteiger partial charge in [-0.25, -0.2) is 4.79 Å². The molecule has 0 aliphatic rings. The second kappa shape index (κ2) is 12.9. The number of ether oxygens (including phenoxy) is 3. The fourth-order valence-electron chi connectivity index (χ4n) is 3.49. The Labute approximate surface area is 195 Å². The Bertz CT molecular complexity index is 888. The Balaban J connectivity index is 0.00000512. The van der Waals surface area contributed by atoms with Gasteiger partial charge in [0.05, 0.1) is 13.5 Å². The van der Waals surface area contributed by atoms with Crippen molar-refractivity contribution in [2.75, 3.05) is 28.0 Å². The van der Waals surface area contributed by atoms with Crippen LogP contribution < -0.4 is 9.47 Å². The molecule has 0 fully saturated rings. The average molecular weight is 466 g/mol. The smallest absolute Gasteiger partial charge is 0.330 e. The molecule has 0 aliphatic heterocycles. The molecule has 0 amide bonds. The van der Waals surface area contributed by atoms with E-state index < -0.39 is 17.5 Å². The van der Waals surface area contributed by atoms with Gasteiger partial charge in [0.1, 0.15) is 17.0 Å². The number of para-hydroxylation sites is 1. The van der Waals surface area contributed by atoms with Gasteiger partial charge in [0.25, 0.3) is 0 Å². The fraction of sp³-hybridized carbons (Fsp3) is 0.417. The lowest BCUT2D eigenvalue weighted by Gasteiger charge is -2.35. The quantitative estimate of drug-likeness (QED) is 0.375. The number of carboxylic acids is 1. The summed E-state index contributed by atoms with van der Waals surface area (Å²) in [4.78, 5) is 25.6. The minimum atomic E-state index is -1.24. The van der Waals surface area contributed by atoms with Crippen LogP contribution in [0, 0.1) is 0 Å². The maximum Gasteiger partial charge on any atom is 0.330 e. The lowest BCUT2D eigenvalue weighted by Crippen LogP contribution is -2.53. The summed E-state index contributed by atoms with van der Waals surface area (Å²) in [7, 11) is 4.98. The van der Waals surface area contributed by atoms with E-state index >= 15 is 0 Å². The number of halogens is 1. The van der Waals surface area contributed by atoms with Crippen LogP contribution in [0.4, 0.5) is 0 Å². The van der Waals surface area contributed by atoms with Crippen molar-refractivity contribution in [1.82, 2.24) is 4.90 Å². The first kappa shape index (κ1) is 27.3. The SMILES string of the molecule is CCC(CC(=O)O)(C(=O)OCOc1ccccc1CCc1cccc(OC)c1)N(C)C.Cl. The molecule has 8 heteroatoms. The third-order valence-corrected chi connectivity index (χ3v) is 5.46. The molecule has 0 saturated carbocycles. The Kier molecular flexibility index (Phi) is 11.0. The average Bonchev–Trinajstić information content (AvgIpc) is 2.76. The monoisotopic (exact) mass is 465 g/mol. The van der Waals surface area contributed by atoms with Crippen LogP contribution in [-0.2, 0) is 27.2 Å². The molecule has 0 saturated heterocycles. The van der Waals surface area contributed by atoms with Crippen molar-refractivity contribution in [3.8, 4) is 11.5 Å². The summed E-state index contributed by atoms with van der Waals surface area (Å²) in [6.45, 7) is 1.48. The van der Waals surface area contributed by atoms with E-state index in [1.165, 1.54) is 0 Å². The summed E-state index contributed by atoms with van der Waals surface area (Å²) in [5, 5.41) is 9.23. The number of hydrogen-bond acceptors (Lipinski definition) is 6. The molecule has 1 atom stereocenters. The van der Waals surface area contributed by atoms with Gasteiger partial charge in [0.15, 0.2) is 0 Å². The lowest BCUT2D eigenvalue weighted by atomic mass is 9.90. The van der Waals surface area contributed by atoms with E-state index in [0.717, 1.165) is 29.7 Å². The van der Waals surface area contributed by atoms with Gasteiger partial charge in [-0.05, 0) is 62.7 Å². The van der Waals surface area contributed by atoms with Crippen LogP contribution in [0.3, 0.4) is 0 Å². The summed E-state index contributed by atoms with van der Waals surface area (Å²) in [6.07, 6.45) is 1.51. The van der Waals surface area contributed by atoms with Gasteiger partial charge in [0.2, 0.25) is 6.79 Å². The number of likely N-dealkylation sites (N-methyl/N-ethyl adjacent to an activating group) is 1. The first-order chi connectivity index (χ1) is 14.8. The van der Waals surface area contributed by atoms with Crippen molar-refractivity contribution < 1.29 is 28.9 Å². The molecular weight excluding hydrogens is 434 g/mol. The summed E-state index contributed by atoms with van der Waals surface area (Å²) in [6, 6.07) is 15.5. The van der Waals surface area contributed by atoms with E-state index in [1.54, 1.807) is 33.0 Å². The molecular formula is C24H32ClNO6. The Morgan fingerprint density at radius 1 is 1.06 bits per heavy atom. The first-order valence-electron chi connectivity index (χ1n) is 10.2. The zero-order valence-electron chi connectivity index (χ0n) is 19.0. The molecule has 1 N–H and O–H groups in total. The minimum Gasteiger partial charge on any atom is -0.497 e. The highest BCUT2D eigenvalue weighted by Crippen LogP contribution is 2.25. The van der Waals surface area contributed by atoms with Gasteiger partial charge in [-0.15, -0.1) is 12.4 Å². The number of methoxy groups -OCH3 is 1. The molecule has 176 valence electrons.